The molecule has 0 fully saturated rings. The van der Waals surface area contributed by atoms with Crippen molar-refractivity contribution in [1.29, 1.82) is 0 Å². The fraction of sp³-hybridized carbons (Fsp3) is 0.238. The number of aromatic amines is 1. The van der Waals surface area contributed by atoms with Gasteiger partial charge >= 0.3 is 5.97 Å². The van der Waals surface area contributed by atoms with Crippen molar-refractivity contribution >= 4 is 22.6 Å². The Kier molecular flexibility index (Phi) is 6.63. The highest BCUT2D eigenvalue weighted by Gasteiger charge is 2.16. The summed E-state index contributed by atoms with van der Waals surface area (Å²) >= 11 is 0. The van der Waals surface area contributed by atoms with Gasteiger partial charge in [-0.1, -0.05) is 24.3 Å². The molecule has 0 spiro atoms. The fourth-order valence-electron chi connectivity index (χ4n) is 2.90. The Morgan fingerprint density at radius 3 is 2.50 bits per heavy atom. The van der Waals surface area contributed by atoms with Gasteiger partial charge in [0.1, 0.15) is 0 Å². The highest BCUT2D eigenvalue weighted by molar-refractivity contribution is 6.02. The number of fused-ring (bicyclic) bond motifs is 1. The van der Waals surface area contributed by atoms with Gasteiger partial charge in [-0.25, -0.2) is 9.89 Å². The Labute approximate surface area is 172 Å². The summed E-state index contributed by atoms with van der Waals surface area (Å²) in [6.45, 7) is -0.106. The lowest BCUT2D eigenvalue weighted by Crippen LogP contribution is -2.30. The Bertz CT molecular complexity index is 1130. The van der Waals surface area contributed by atoms with Crippen LogP contribution >= 0.6 is 0 Å². The van der Waals surface area contributed by atoms with Crippen molar-refractivity contribution in [1.82, 2.24) is 15.5 Å². The van der Waals surface area contributed by atoms with E-state index in [2.05, 4.69) is 15.5 Å². The van der Waals surface area contributed by atoms with E-state index in [4.69, 9.17) is 14.2 Å². The maximum Gasteiger partial charge on any atom is 0.359 e. The number of methoxy groups -OCH3 is 2. The zero-order valence-electron chi connectivity index (χ0n) is 16.6. The smallest absolute Gasteiger partial charge is 0.359 e. The van der Waals surface area contributed by atoms with Gasteiger partial charge in [-0.2, -0.15) is 5.10 Å². The van der Waals surface area contributed by atoms with E-state index in [1.807, 2.05) is 12.1 Å². The SMILES string of the molecule is COc1ccc(CCNC(=O)COC(=O)c2n[nH]c(=O)c3ccccc23)cc1OC. The Morgan fingerprint density at radius 2 is 1.77 bits per heavy atom. The van der Waals surface area contributed by atoms with Gasteiger partial charge in [-0.05, 0) is 30.2 Å². The minimum Gasteiger partial charge on any atom is -0.493 e. The lowest BCUT2D eigenvalue weighted by atomic mass is 10.1. The van der Waals surface area contributed by atoms with Gasteiger partial charge in [0, 0.05) is 11.9 Å². The van der Waals surface area contributed by atoms with Crippen LogP contribution in [-0.2, 0) is 16.0 Å². The van der Waals surface area contributed by atoms with Crippen molar-refractivity contribution in [2.45, 2.75) is 6.42 Å². The molecule has 1 aromatic heterocycles. The number of H-pyrrole nitrogens is 1. The van der Waals surface area contributed by atoms with Crippen LogP contribution in [0.4, 0.5) is 0 Å². The van der Waals surface area contributed by atoms with Gasteiger partial charge in [0.15, 0.2) is 23.8 Å². The predicted octanol–water partition coefficient (Wildman–Crippen LogP) is 1.46. The maximum absolute atomic E-state index is 12.3. The number of rotatable bonds is 8. The molecule has 3 rings (SSSR count). The Balaban J connectivity index is 1.52. The van der Waals surface area contributed by atoms with Crippen LogP contribution in [-0.4, -0.2) is 49.4 Å². The third kappa shape index (κ3) is 4.75. The number of nitrogens with zero attached hydrogens (tertiary/aromatic N) is 1. The molecule has 0 atom stereocenters. The molecule has 0 aliphatic rings. The number of carbonyl (C=O) groups is 2. The second-order valence-corrected chi connectivity index (χ2v) is 6.31. The van der Waals surface area contributed by atoms with Crippen LogP contribution in [0.25, 0.3) is 10.8 Å². The summed E-state index contributed by atoms with van der Waals surface area (Å²) in [7, 11) is 3.11. The molecular formula is C21H21N3O6. The number of hydrogen-bond donors (Lipinski definition) is 2. The summed E-state index contributed by atoms with van der Waals surface area (Å²) in [5.74, 6) is -0.00785. The number of carbonyl (C=O) groups excluding carboxylic acids is 2. The molecule has 9 nitrogen and oxygen atoms in total. The van der Waals surface area contributed by atoms with Crippen molar-refractivity contribution in [3.8, 4) is 11.5 Å². The van der Waals surface area contributed by atoms with Crippen molar-refractivity contribution < 1.29 is 23.8 Å². The van der Waals surface area contributed by atoms with Crippen LogP contribution in [0.5, 0.6) is 11.5 Å². The van der Waals surface area contributed by atoms with Crippen LogP contribution < -0.4 is 20.3 Å². The summed E-state index contributed by atoms with van der Waals surface area (Å²) in [6, 6.07) is 12.0. The van der Waals surface area contributed by atoms with Crippen LogP contribution in [0.2, 0.25) is 0 Å². The first-order chi connectivity index (χ1) is 14.5. The van der Waals surface area contributed by atoms with E-state index in [1.54, 1.807) is 44.6 Å². The van der Waals surface area contributed by atoms with E-state index in [0.29, 0.717) is 35.2 Å². The molecule has 9 heteroatoms. The summed E-state index contributed by atoms with van der Waals surface area (Å²) in [5.41, 5.74) is 0.493. The van der Waals surface area contributed by atoms with Crippen LogP contribution in [0.1, 0.15) is 16.1 Å². The van der Waals surface area contributed by atoms with Gasteiger partial charge in [0.05, 0.1) is 19.6 Å². The zero-order valence-corrected chi connectivity index (χ0v) is 16.6. The van der Waals surface area contributed by atoms with Crippen LogP contribution in [0, 0.1) is 0 Å². The monoisotopic (exact) mass is 411 g/mol. The lowest BCUT2D eigenvalue weighted by molar-refractivity contribution is -0.124. The Hall–Kier alpha value is -3.88. The van der Waals surface area contributed by atoms with Crippen LogP contribution in [0.15, 0.2) is 47.3 Å². The average Bonchev–Trinajstić information content (AvgIpc) is 2.77. The van der Waals surface area contributed by atoms with E-state index < -0.39 is 24.0 Å². The highest BCUT2D eigenvalue weighted by Crippen LogP contribution is 2.27. The molecule has 0 unspecified atom stereocenters. The summed E-state index contributed by atoms with van der Waals surface area (Å²) in [4.78, 5) is 36.1. The maximum atomic E-state index is 12.3. The molecule has 0 saturated carbocycles. The zero-order chi connectivity index (χ0) is 21.5. The molecule has 3 aromatic rings. The molecule has 0 radical (unpaired) electrons. The first kappa shape index (κ1) is 20.8. The standard InChI is InChI=1S/C21H21N3O6/c1-28-16-8-7-13(11-17(16)29-2)9-10-22-18(25)12-30-21(27)19-14-5-3-4-6-15(14)20(26)24-23-19/h3-8,11H,9-10,12H2,1-2H3,(H,22,25)(H,24,26). The van der Waals surface area contributed by atoms with E-state index in [-0.39, 0.29) is 5.69 Å². The summed E-state index contributed by atoms with van der Waals surface area (Å²) in [6.07, 6.45) is 0.562. The first-order valence-electron chi connectivity index (χ1n) is 9.15. The molecule has 1 amide bonds. The van der Waals surface area contributed by atoms with Crippen molar-refractivity contribution in [2.75, 3.05) is 27.4 Å². The van der Waals surface area contributed by atoms with E-state index in [9.17, 15) is 14.4 Å². The number of esters is 1. The number of aromatic nitrogens is 2. The topological polar surface area (TPSA) is 120 Å². The van der Waals surface area contributed by atoms with E-state index in [0.717, 1.165) is 5.56 Å². The minimum atomic E-state index is -0.794. The second-order valence-electron chi connectivity index (χ2n) is 6.31. The van der Waals surface area contributed by atoms with Crippen molar-refractivity contribution in [3.63, 3.8) is 0 Å². The minimum absolute atomic E-state index is 0.0525. The predicted molar refractivity (Wildman–Crippen MR) is 109 cm³/mol. The molecule has 2 N–H and O–H groups in total. The average molecular weight is 411 g/mol. The highest BCUT2D eigenvalue weighted by atomic mass is 16.5. The Morgan fingerprint density at radius 1 is 1.03 bits per heavy atom. The fourth-order valence-corrected chi connectivity index (χ4v) is 2.90. The third-order valence-corrected chi connectivity index (χ3v) is 4.41. The molecule has 1 heterocycles. The summed E-state index contributed by atoms with van der Waals surface area (Å²) in [5, 5.41) is 9.37. The number of ether oxygens (including phenoxy) is 3. The second kappa shape index (κ2) is 9.55. The first-order valence-corrected chi connectivity index (χ1v) is 9.15. The molecule has 0 saturated heterocycles. The largest absolute Gasteiger partial charge is 0.493 e. The quantitative estimate of drug-likeness (QED) is 0.539. The molecule has 30 heavy (non-hydrogen) atoms. The number of nitrogens with one attached hydrogen (secondary N) is 2. The number of hydrogen-bond acceptors (Lipinski definition) is 7. The van der Waals surface area contributed by atoms with Gasteiger partial charge in [0.25, 0.3) is 11.5 Å². The molecule has 156 valence electrons. The van der Waals surface area contributed by atoms with Gasteiger partial charge < -0.3 is 19.5 Å². The third-order valence-electron chi connectivity index (χ3n) is 4.41. The normalized spacial score (nSPS) is 10.5. The van der Waals surface area contributed by atoms with Gasteiger partial charge in [-0.3, -0.25) is 9.59 Å². The van der Waals surface area contributed by atoms with Crippen molar-refractivity contribution in [2.24, 2.45) is 0 Å². The number of amides is 1. The lowest BCUT2D eigenvalue weighted by Gasteiger charge is -2.10. The van der Waals surface area contributed by atoms with Gasteiger partial charge in [-0.15, -0.1) is 0 Å². The molecule has 0 bridgehead atoms. The van der Waals surface area contributed by atoms with Gasteiger partial charge in [0.2, 0.25) is 0 Å². The number of benzene rings is 2. The molecular weight excluding hydrogens is 390 g/mol. The van der Waals surface area contributed by atoms with Crippen LogP contribution in [0.3, 0.4) is 0 Å². The summed E-state index contributed by atoms with van der Waals surface area (Å²) < 4.78 is 15.5. The van der Waals surface area contributed by atoms with E-state index in [1.165, 1.54) is 0 Å². The van der Waals surface area contributed by atoms with E-state index >= 15 is 0 Å². The molecule has 0 aliphatic heterocycles. The van der Waals surface area contributed by atoms with Crippen molar-refractivity contribution in [3.05, 3.63) is 64.1 Å². The molecule has 0 aliphatic carbocycles. The molecule has 2 aromatic carbocycles.